The Labute approximate surface area is 129 Å². The molecule has 1 amide bonds. The Bertz CT molecular complexity index is 848. The molecule has 22 heavy (non-hydrogen) atoms. The third-order valence-electron chi connectivity index (χ3n) is 4.11. The van der Waals surface area contributed by atoms with Gasteiger partial charge in [0.2, 0.25) is 0 Å². The third-order valence-corrected chi connectivity index (χ3v) is 5.86. The normalized spacial score (nSPS) is 20.2. The van der Waals surface area contributed by atoms with Crippen LogP contribution >= 0.6 is 0 Å². The van der Waals surface area contributed by atoms with Crippen molar-refractivity contribution in [1.29, 1.82) is 0 Å². The molecule has 0 bridgehead atoms. The Kier molecular flexibility index (Phi) is 3.60. The van der Waals surface area contributed by atoms with Gasteiger partial charge in [-0.1, -0.05) is 0 Å². The van der Waals surface area contributed by atoms with E-state index in [2.05, 4.69) is 9.97 Å². The zero-order valence-electron chi connectivity index (χ0n) is 12.5. The van der Waals surface area contributed by atoms with E-state index in [-0.39, 0.29) is 23.5 Å². The Morgan fingerprint density at radius 1 is 1.41 bits per heavy atom. The molecule has 0 aromatic carbocycles. The maximum Gasteiger partial charge on any atom is 0.255 e. The Balaban J connectivity index is 1.93. The molecule has 116 valence electrons. The fraction of sp³-hybridized carbons (Fsp3) is 0.400. The number of sulfone groups is 1. The maximum atomic E-state index is 12.7. The number of aromatic nitrogens is 2. The quantitative estimate of drug-likeness (QED) is 0.831. The number of carbonyl (C=O) groups excluding carboxylic acids is 1. The van der Waals surface area contributed by atoms with Crippen LogP contribution in [-0.4, -0.2) is 53.8 Å². The number of hydrogen-bond donors (Lipinski definition) is 0. The third kappa shape index (κ3) is 2.68. The zero-order valence-corrected chi connectivity index (χ0v) is 13.3. The maximum absolute atomic E-state index is 12.7. The van der Waals surface area contributed by atoms with Crippen LogP contribution in [0.3, 0.4) is 0 Å². The van der Waals surface area contributed by atoms with Gasteiger partial charge in [0.25, 0.3) is 5.91 Å². The number of fused-ring (bicyclic) bond motifs is 1. The van der Waals surface area contributed by atoms with E-state index in [0.29, 0.717) is 17.7 Å². The first-order valence-electron chi connectivity index (χ1n) is 7.06. The van der Waals surface area contributed by atoms with Crippen molar-refractivity contribution in [3.05, 3.63) is 35.8 Å². The van der Waals surface area contributed by atoms with Gasteiger partial charge >= 0.3 is 0 Å². The Morgan fingerprint density at radius 3 is 2.86 bits per heavy atom. The molecule has 1 fully saturated rings. The van der Waals surface area contributed by atoms with Crippen molar-refractivity contribution in [1.82, 2.24) is 14.9 Å². The second-order valence-electron chi connectivity index (χ2n) is 5.66. The van der Waals surface area contributed by atoms with E-state index in [0.717, 1.165) is 10.9 Å². The summed E-state index contributed by atoms with van der Waals surface area (Å²) in [5.41, 5.74) is 1.92. The minimum absolute atomic E-state index is 0.0385. The van der Waals surface area contributed by atoms with E-state index in [1.807, 2.05) is 0 Å². The number of rotatable bonds is 2. The minimum atomic E-state index is -3.02. The fourth-order valence-corrected chi connectivity index (χ4v) is 4.54. The monoisotopic (exact) mass is 319 g/mol. The van der Waals surface area contributed by atoms with Crippen LogP contribution in [0, 0.1) is 6.92 Å². The average Bonchev–Trinajstić information content (AvgIpc) is 2.85. The second-order valence-corrected chi connectivity index (χ2v) is 7.89. The summed E-state index contributed by atoms with van der Waals surface area (Å²) in [5, 5.41) is 0.795. The molecule has 2 aromatic rings. The molecule has 0 spiro atoms. The number of amides is 1. The van der Waals surface area contributed by atoms with Gasteiger partial charge in [0.05, 0.1) is 28.3 Å². The molecule has 3 rings (SSSR count). The number of aryl methyl sites for hydroxylation is 1. The lowest BCUT2D eigenvalue weighted by atomic mass is 10.1. The average molecular weight is 319 g/mol. The van der Waals surface area contributed by atoms with Gasteiger partial charge in [-0.3, -0.25) is 14.8 Å². The van der Waals surface area contributed by atoms with Crippen LogP contribution in [0.2, 0.25) is 0 Å². The summed E-state index contributed by atoms with van der Waals surface area (Å²) < 4.78 is 23.2. The highest BCUT2D eigenvalue weighted by Crippen LogP contribution is 2.21. The number of carbonyl (C=O) groups is 1. The highest BCUT2D eigenvalue weighted by atomic mass is 32.2. The van der Waals surface area contributed by atoms with Crippen molar-refractivity contribution in [2.24, 2.45) is 0 Å². The van der Waals surface area contributed by atoms with Crippen molar-refractivity contribution < 1.29 is 13.2 Å². The summed E-state index contributed by atoms with van der Waals surface area (Å²) in [6.07, 6.45) is 3.82. The molecule has 1 aliphatic heterocycles. The lowest BCUT2D eigenvalue weighted by Crippen LogP contribution is -2.38. The van der Waals surface area contributed by atoms with Gasteiger partial charge < -0.3 is 4.90 Å². The second kappa shape index (κ2) is 5.31. The molecule has 0 aliphatic carbocycles. The van der Waals surface area contributed by atoms with E-state index in [1.165, 1.54) is 4.90 Å². The first-order chi connectivity index (χ1) is 10.4. The molecule has 0 radical (unpaired) electrons. The molecule has 7 heteroatoms. The van der Waals surface area contributed by atoms with E-state index < -0.39 is 9.84 Å². The van der Waals surface area contributed by atoms with Gasteiger partial charge in [-0.25, -0.2) is 8.42 Å². The van der Waals surface area contributed by atoms with Crippen LogP contribution in [0.1, 0.15) is 22.5 Å². The van der Waals surface area contributed by atoms with Crippen LogP contribution in [0.4, 0.5) is 0 Å². The van der Waals surface area contributed by atoms with Crippen LogP contribution in [0.25, 0.3) is 10.9 Å². The molecule has 0 N–H and O–H groups in total. The molecular formula is C15H17N3O3S. The summed E-state index contributed by atoms with van der Waals surface area (Å²) in [4.78, 5) is 22.7. The summed E-state index contributed by atoms with van der Waals surface area (Å²) in [6.45, 7) is 1.78. The van der Waals surface area contributed by atoms with E-state index in [1.54, 1.807) is 38.5 Å². The molecular weight excluding hydrogens is 302 g/mol. The van der Waals surface area contributed by atoms with E-state index in [9.17, 15) is 13.2 Å². The van der Waals surface area contributed by atoms with Crippen LogP contribution in [0.5, 0.6) is 0 Å². The zero-order chi connectivity index (χ0) is 15.9. The summed E-state index contributed by atoms with van der Waals surface area (Å²) >= 11 is 0. The van der Waals surface area contributed by atoms with Gasteiger partial charge in [-0.15, -0.1) is 0 Å². The molecule has 3 heterocycles. The van der Waals surface area contributed by atoms with Crippen molar-refractivity contribution in [3.63, 3.8) is 0 Å². The van der Waals surface area contributed by atoms with Crippen LogP contribution < -0.4 is 0 Å². The number of pyridine rings is 2. The van der Waals surface area contributed by atoms with Crippen LogP contribution in [-0.2, 0) is 9.84 Å². The van der Waals surface area contributed by atoms with Gasteiger partial charge in [0, 0.05) is 30.9 Å². The lowest BCUT2D eigenvalue weighted by Gasteiger charge is -2.24. The minimum Gasteiger partial charge on any atom is -0.338 e. The standard InChI is InChI=1S/C15H17N3O3S/c1-10-13(7-11-8-16-5-3-14(11)17-10)15(19)18(2)12-4-6-22(20,21)9-12/h3,5,7-8,12H,4,6,9H2,1-2H3. The van der Waals surface area contributed by atoms with Gasteiger partial charge in [-0.05, 0) is 25.5 Å². The fourth-order valence-electron chi connectivity index (χ4n) is 2.77. The highest BCUT2D eigenvalue weighted by molar-refractivity contribution is 7.91. The van der Waals surface area contributed by atoms with Crippen molar-refractivity contribution in [2.75, 3.05) is 18.6 Å². The van der Waals surface area contributed by atoms with E-state index >= 15 is 0 Å². The molecule has 0 saturated carbocycles. The lowest BCUT2D eigenvalue weighted by molar-refractivity contribution is 0.0746. The van der Waals surface area contributed by atoms with Crippen LogP contribution in [0.15, 0.2) is 24.5 Å². The Morgan fingerprint density at radius 2 is 2.18 bits per heavy atom. The van der Waals surface area contributed by atoms with Crippen molar-refractivity contribution >= 4 is 26.6 Å². The van der Waals surface area contributed by atoms with Gasteiger partial charge in [0.1, 0.15) is 0 Å². The molecule has 1 unspecified atom stereocenters. The largest absolute Gasteiger partial charge is 0.338 e. The predicted molar refractivity (Wildman–Crippen MR) is 83.4 cm³/mol. The Hall–Kier alpha value is -2.02. The highest BCUT2D eigenvalue weighted by Gasteiger charge is 2.33. The SMILES string of the molecule is Cc1nc2ccncc2cc1C(=O)N(C)C1CCS(=O)(=O)C1. The predicted octanol–water partition coefficient (Wildman–Crippen LogP) is 1.20. The van der Waals surface area contributed by atoms with Gasteiger partial charge in [0.15, 0.2) is 9.84 Å². The first kappa shape index (κ1) is 14.9. The molecule has 1 atom stereocenters. The first-order valence-corrected chi connectivity index (χ1v) is 8.88. The smallest absolute Gasteiger partial charge is 0.255 e. The molecule has 1 aliphatic rings. The van der Waals surface area contributed by atoms with E-state index in [4.69, 9.17) is 0 Å². The summed E-state index contributed by atoms with van der Waals surface area (Å²) in [6, 6.07) is 3.30. The molecule has 1 saturated heterocycles. The number of hydrogen-bond acceptors (Lipinski definition) is 5. The molecule has 2 aromatic heterocycles. The number of nitrogens with zero attached hydrogens (tertiary/aromatic N) is 3. The van der Waals surface area contributed by atoms with Crippen molar-refractivity contribution in [3.8, 4) is 0 Å². The topological polar surface area (TPSA) is 80.2 Å². The molecule has 6 nitrogen and oxygen atoms in total. The summed E-state index contributed by atoms with van der Waals surface area (Å²) in [7, 11) is -1.37. The van der Waals surface area contributed by atoms with Gasteiger partial charge in [-0.2, -0.15) is 0 Å². The van der Waals surface area contributed by atoms with Crippen molar-refractivity contribution in [2.45, 2.75) is 19.4 Å². The summed E-state index contributed by atoms with van der Waals surface area (Å²) in [5.74, 6) is -0.0109.